The molecule has 0 saturated carbocycles. The van der Waals surface area contributed by atoms with Crippen LogP contribution in [0.2, 0.25) is 5.02 Å². The number of benzene rings is 1. The maximum Gasteiger partial charge on any atom is 0.341 e. The van der Waals surface area contributed by atoms with Crippen molar-refractivity contribution in [1.29, 1.82) is 0 Å². The Labute approximate surface area is 116 Å². The maximum absolute atomic E-state index is 12.0. The molecule has 0 radical (unpaired) electrons. The molecular weight excluding hydrogens is 266 g/mol. The quantitative estimate of drug-likeness (QED) is 0.631. The molecule has 1 unspecified atom stereocenters. The van der Waals surface area contributed by atoms with Crippen LogP contribution in [-0.2, 0) is 9.53 Å². The lowest BCUT2D eigenvalue weighted by molar-refractivity contribution is -0.117. The molecule has 1 aliphatic rings. The second-order valence-electron chi connectivity index (χ2n) is 4.33. The highest BCUT2D eigenvalue weighted by Gasteiger charge is 2.32. The van der Waals surface area contributed by atoms with Crippen LogP contribution < -0.4 is 4.90 Å². The summed E-state index contributed by atoms with van der Waals surface area (Å²) in [6.45, 7) is 4.21. The lowest BCUT2D eigenvalue weighted by atomic mass is 10.1. The minimum absolute atomic E-state index is 0.0441. The number of anilines is 1. The van der Waals surface area contributed by atoms with Gasteiger partial charge in [0.1, 0.15) is 5.56 Å². The van der Waals surface area contributed by atoms with Gasteiger partial charge in [0, 0.05) is 18.9 Å². The summed E-state index contributed by atoms with van der Waals surface area (Å²) in [5, 5.41) is 0.277. The third kappa shape index (κ3) is 2.49. The number of nitrogens with zero attached hydrogens (tertiary/aromatic N) is 1. The lowest BCUT2D eigenvalue weighted by Crippen LogP contribution is -2.26. The molecule has 1 saturated heterocycles. The van der Waals surface area contributed by atoms with Crippen molar-refractivity contribution in [2.24, 2.45) is 5.92 Å². The zero-order valence-corrected chi connectivity index (χ0v) is 11.3. The van der Waals surface area contributed by atoms with Gasteiger partial charge < -0.3 is 9.64 Å². The number of hydrogen-bond acceptors (Lipinski definition) is 3. The molecule has 1 amide bonds. The third-order valence-corrected chi connectivity index (χ3v) is 3.48. The number of esters is 1. The molecule has 2 rings (SSSR count). The van der Waals surface area contributed by atoms with E-state index in [1.807, 2.05) is 0 Å². The van der Waals surface area contributed by atoms with E-state index >= 15 is 0 Å². The van der Waals surface area contributed by atoms with Gasteiger partial charge in [-0.25, -0.2) is 4.79 Å². The summed E-state index contributed by atoms with van der Waals surface area (Å²) < 4.78 is 4.72. The zero-order chi connectivity index (χ0) is 14.0. The van der Waals surface area contributed by atoms with Gasteiger partial charge >= 0.3 is 5.97 Å². The highest BCUT2D eigenvalue weighted by molar-refractivity contribution is 6.34. The summed E-state index contributed by atoms with van der Waals surface area (Å²) in [6.07, 6.45) is 2.15. The van der Waals surface area contributed by atoms with E-state index < -0.39 is 5.97 Å². The molecular formula is C14H14ClNO3. The molecule has 0 N–H and O–H groups in total. The standard InChI is InChI=1S/C14H14ClNO3/c1-3-9-7-12(17)16(8-9)11-6-4-5-10(15)13(11)14(18)19-2/h3-6,9H,1,7-8H2,2H3. The molecule has 1 fully saturated rings. The molecule has 5 heteroatoms. The minimum Gasteiger partial charge on any atom is -0.465 e. The Morgan fingerprint density at radius 2 is 2.32 bits per heavy atom. The van der Waals surface area contributed by atoms with Crippen molar-refractivity contribution < 1.29 is 14.3 Å². The molecule has 0 spiro atoms. The van der Waals surface area contributed by atoms with E-state index in [4.69, 9.17) is 16.3 Å². The van der Waals surface area contributed by atoms with E-state index in [-0.39, 0.29) is 22.4 Å². The van der Waals surface area contributed by atoms with E-state index in [2.05, 4.69) is 6.58 Å². The van der Waals surface area contributed by atoms with E-state index in [1.54, 1.807) is 29.2 Å². The number of halogens is 1. The molecule has 1 aromatic carbocycles. The molecule has 0 aliphatic carbocycles. The van der Waals surface area contributed by atoms with Crippen LogP contribution in [0.5, 0.6) is 0 Å². The van der Waals surface area contributed by atoms with Crippen molar-refractivity contribution in [1.82, 2.24) is 0 Å². The minimum atomic E-state index is -0.546. The first kappa shape index (κ1) is 13.6. The molecule has 100 valence electrons. The predicted molar refractivity (Wildman–Crippen MR) is 73.4 cm³/mol. The molecule has 0 bridgehead atoms. The Hall–Kier alpha value is -1.81. The van der Waals surface area contributed by atoms with E-state index in [9.17, 15) is 9.59 Å². The van der Waals surface area contributed by atoms with Gasteiger partial charge in [0.25, 0.3) is 0 Å². The Bertz CT molecular complexity index is 541. The van der Waals surface area contributed by atoms with Crippen molar-refractivity contribution in [3.63, 3.8) is 0 Å². The zero-order valence-electron chi connectivity index (χ0n) is 10.6. The summed E-state index contributed by atoms with van der Waals surface area (Å²) in [6, 6.07) is 5.00. The van der Waals surface area contributed by atoms with Crippen LogP contribution in [0.15, 0.2) is 30.9 Å². The summed E-state index contributed by atoms with van der Waals surface area (Å²) in [7, 11) is 1.29. The van der Waals surface area contributed by atoms with Crippen LogP contribution in [0.25, 0.3) is 0 Å². The Morgan fingerprint density at radius 1 is 1.58 bits per heavy atom. The monoisotopic (exact) mass is 279 g/mol. The number of hydrogen-bond donors (Lipinski definition) is 0. The van der Waals surface area contributed by atoms with Crippen LogP contribution in [-0.4, -0.2) is 25.5 Å². The van der Waals surface area contributed by atoms with Gasteiger partial charge in [0.2, 0.25) is 5.91 Å². The maximum atomic E-state index is 12.0. The van der Waals surface area contributed by atoms with Crippen molar-refractivity contribution in [2.75, 3.05) is 18.6 Å². The van der Waals surface area contributed by atoms with Crippen LogP contribution in [0, 0.1) is 5.92 Å². The third-order valence-electron chi connectivity index (χ3n) is 3.16. The van der Waals surface area contributed by atoms with Gasteiger partial charge in [-0.05, 0) is 12.1 Å². The first-order valence-electron chi connectivity index (χ1n) is 5.88. The lowest BCUT2D eigenvalue weighted by Gasteiger charge is -2.19. The fraction of sp³-hybridized carbons (Fsp3) is 0.286. The fourth-order valence-electron chi connectivity index (χ4n) is 2.17. The summed E-state index contributed by atoms with van der Waals surface area (Å²) in [5.41, 5.74) is 0.721. The fourth-order valence-corrected chi connectivity index (χ4v) is 2.41. The Balaban J connectivity index is 2.45. The van der Waals surface area contributed by atoms with Gasteiger partial charge in [-0.1, -0.05) is 23.7 Å². The first-order valence-corrected chi connectivity index (χ1v) is 6.26. The SMILES string of the molecule is C=CC1CC(=O)N(c2cccc(Cl)c2C(=O)OC)C1. The highest BCUT2D eigenvalue weighted by Crippen LogP contribution is 2.32. The van der Waals surface area contributed by atoms with E-state index in [0.717, 1.165) is 0 Å². The molecule has 0 aromatic heterocycles. The van der Waals surface area contributed by atoms with Gasteiger partial charge in [-0.3, -0.25) is 4.79 Å². The van der Waals surface area contributed by atoms with E-state index in [0.29, 0.717) is 18.7 Å². The van der Waals surface area contributed by atoms with Crippen molar-refractivity contribution in [2.45, 2.75) is 6.42 Å². The van der Waals surface area contributed by atoms with Crippen LogP contribution in [0.4, 0.5) is 5.69 Å². The predicted octanol–water partition coefficient (Wildman–Crippen LogP) is 2.67. The van der Waals surface area contributed by atoms with Crippen LogP contribution in [0.1, 0.15) is 16.8 Å². The second-order valence-corrected chi connectivity index (χ2v) is 4.74. The van der Waals surface area contributed by atoms with Gasteiger partial charge in [0.05, 0.1) is 17.8 Å². The first-order chi connectivity index (χ1) is 9.08. The molecule has 1 aromatic rings. The average Bonchev–Trinajstić information content (AvgIpc) is 2.79. The number of methoxy groups -OCH3 is 1. The molecule has 4 nitrogen and oxygen atoms in total. The molecule has 19 heavy (non-hydrogen) atoms. The van der Waals surface area contributed by atoms with Crippen molar-refractivity contribution in [3.8, 4) is 0 Å². The summed E-state index contributed by atoms with van der Waals surface area (Å²) in [5.74, 6) is -0.496. The van der Waals surface area contributed by atoms with Crippen molar-refractivity contribution in [3.05, 3.63) is 41.4 Å². The average molecular weight is 280 g/mol. The number of ether oxygens (including phenoxy) is 1. The summed E-state index contributed by atoms with van der Waals surface area (Å²) in [4.78, 5) is 25.4. The van der Waals surface area contributed by atoms with Gasteiger partial charge in [-0.2, -0.15) is 0 Å². The molecule has 1 atom stereocenters. The van der Waals surface area contributed by atoms with Crippen LogP contribution >= 0.6 is 11.6 Å². The van der Waals surface area contributed by atoms with E-state index in [1.165, 1.54) is 7.11 Å². The smallest absolute Gasteiger partial charge is 0.341 e. The summed E-state index contributed by atoms with van der Waals surface area (Å²) >= 11 is 6.04. The second kappa shape index (κ2) is 5.45. The molecule has 1 aliphatic heterocycles. The Kier molecular flexibility index (Phi) is 3.90. The topological polar surface area (TPSA) is 46.6 Å². The largest absolute Gasteiger partial charge is 0.465 e. The Morgan fingerprint density at radius 3 is 2.89 bits per heavy atom. The number of carbonyl (C=O) groups excluding carboxylic acids is 2. The number of rotatable bonds is 3. The number of carbonyl (C=O) groups is 2. The number of amides is 1. The van der Waals surface area contributed by atoms with Crippen LogP contribution in [0.3, 0.4) is 0 Å². The van der Waals surface area contributed by atoms with Gasteiger partial charge in [0.15, 0.2) is 0 Å². The highest BCUT2D eigenvalue weighted by atomic mass is 35.5. The van der Waals surface area contributed by atoms with Gasteiger partial charge in [-0.15, -0.1) is 6.58 Å². The molecule has 1 heterocycles. The normalized spacial score (nSPS) is 18.5. The van der Waals surface area contributed by atoms with Crippen molar-refractivity contribution >= 4 is 29.2 Å².